The molecule has 0 spiro atoms. The molecule has 1 saturated heterocycles. The van der Waals surface area contributed by atoms with Crippen LogP contribution in [0.2, 0.25) is 0 Å². The summed E-state index contributed by atoms with van der Waals surface area (Å²) in [5, 5.41) is 6.91. The zero-order valence-electron chi connectivity index (χ0n) is 20.3. The molecule has 6 nitrogen and oxygen atoms in total. The Labute approximate surface area is 195 Å². The van der Waals surface area contributed by atoms with Crippen LogP contribution in [0.4, 0.5) is 0 Å². The van der Waals surface area contributed by atoms with Crippen molar-refractivity contribution < 1.29 is 9.47 Å². The van der Waals surface area contributed by atoms with E-state index in [4.69, 9.17) is 9.47 Å². The fourth-order valence-electron chi connectivity index (χ4n) is 4.75. The highest BCUT2D eigenvalue weighted by Crippen LogP contribution is 2.23. The molecule has 2 fully saturated rings. The predicted molar refractivity (Wildman–Crippen MR) is 132 cm³/mol. The van der Waals surface area contributed by atoms with E-state index in [1.54, 1.807) is 0 Å². The quantitative estimate of drug-likeness (QED) is 0.307. The van der Waals surface area contributed by atoms with Gasteiger partial charge < -0.3 is 20.1 Å². The van der Waals surface area contributed by atoms with E-state index in [9.17, 15) is 0 Å². The first-order valence-corrected chi connectivity index (χ1v) is 12.6. The summed E-state index contributed by atoms with van der Waals surface area (Å²) in [7, 11) is 4.12. The number of nitrogens with one attached hydrogen (secondary N) is 2. The van der Waals surface area contributed by atoms with Gasteiger partial charge in [0.2, 0.25) is 0 Å². The number of guanidine groups is 1. The average Bonchev–Trinajstić information content (AvgIpc) is 2.85. The molecule has 0 bridgehead atoms. The Balaban J connectivity index is 1.35. The molecule has 1 aliphatic heterocycles. The maximum atomic E-state index is 5.86. The molecular formula is C26H44N4O2. The zero-order chi connectivity index (χ0) is 22.4. The summed E-state index contributed by atoms with van der Waals surface area (Å²) in [6.07, 6.45) is 10.1. The minimum absolute atomic E-state index is 0.670. The Hall–Kier alpha value is -1.63. The molecule has 2 aliphatic rings. The fourth-order valence-corrected chi connectivity index (χ4v) is 4.75. The third-order valence-corrected chi connectivity index (χ3v) is 6.86. The van der Waals surface area contributed by atoms with E-state index in [0.29, 0.717) is 5.92 Å². The van der Waals surface area contributed by atoms with Crippen molar-refractivity contribution in [2.45, 2.75) is 70.5 Å². The Morgan fingerprint density at radius 1 is 1.06 bits per heavy atom. The van der Waals surface area contributed by atoms with Gasteiger partial charge in [-0.05, 0) is 56.2 Å². The van der Waals surface area contributed by atoms with Crippen LogP contribution < -0.4 is 10.6 Å². The van der Waals surface area contributed by atoms with Crippen LogP contribution in [0.15, 0.2) is 29.3 Å². The van der Waals surface area contributed by atoms with Crippen LogP contribution in [0.25, 0.3) is 0 Å². The van der Waals surface area contributed by atoms with Gasteiger partial charge in [0.25, 0.3) is 0 Å². The summed E-state index contributed by atoms with van der Waals surface area (Å²) in [5.41, 5.74) is 2.75. The zero-order valence-corrected chi connectivity index (χ0v) is 20.3. The molecule has 3 rings (SSSR count). The van der Waals surface area contributed by atoms with E-state index in [1.165, 1.54) is 43.2 Å². The van der Waals surface area contributed by atoms with E-state index in [1.807, 2.05) is 7.05 Å². The molecule has 1 saturated carbocycles. The van der Waals surface area contributed by atoms with E-state index >= 15 is 0 Å². The number of aliphatic imine (C=N–C) groups is 1. The molecule has 32 heavy (non-hydrogen) atoms. The van der Waals surface area contributed by atoms with E-state index in [-0.39, 0.29) is 0 Å². The second-order valence-electron chi connectivity index (χ2n) is 9.31. The number of hydrogen-bond donors (Lipinski definition) is 2. The average molecular weight is 445 g/mol. The standard InChI is InChI=1S/C26H44N4O2/c1-27-26(28-15-8-16-32-21-22-13-17-31-18-14-22)29-19-23-9-6-7-10-24(23)20-30(2)25-11-4-3-5-12-25/h6-7,9-10,22,25H,3-5,8,11-21H2,1-2H3,(H2,27,28,29). The Kier molecular flexibility index (Phi) is 11.3. The summed E-state index contributed by atoms with van der Waals surface area (Å²) >= 11 is 0. The van der Waals surface area contributed by atoms with Crippen LogP contribution in [0, 0.1) is 5.92 Å². The highest BCUT2D eigenvalue weighted by Gasteiger charge is 2.18. The topological polar surface area (TPSA) is 58.1 Å². The maximum Gasteiger partial charge on any atom is 0.191 e. The van der Waals surface area contributed by atoms with Crippen molar-refractivity contribution in [2.75, 3.05) is 47.1 Å². The summed E-state index contributed by atoms with van der Waals surface area (Å²) in [6.45, 7) is 6.09. The predicted octanol–water partition coefficient (Wildman–Crippen LogP) is 3.95. The summed E-state index contributed by atoms with van der Waals surface area (Å²) in [6, 6.07) is 9.51. The van der Waals surface area contributed by atoms with Gasteiger partial charge in [-0.2, -0.15) is 0 Å². The van der Waals surface area contributed by atoms with Crippen LogP contribution in [0.1, 0.15) is 62.5 Å². The van der Waals surface area contributed by atoms with Crippen molar-refractivity contribution in [1.82, 2.24) is 15.5 Å². The lowest BCUT2D eigenvalue weighted by Crippen LogP contribution is -2.38. The molecule has 2 N–H and O–H groups in total. The van der Waals surface area contributed by atoms with Crippen LogP contribution in [0.3, 0.4) is 0 Å². The molecule has 1 heterocycles. The van der Waals surface area contributed by atoms with Crippen molar-refractivity contribution in [1.29, 1.82) is 0 Å². The monoisotopic (exact) mass is 444 g/mol. The first-order chi connectivity index (χ1) is 15.8. The van der Waals surface area contributed by atoms with Gasteiger partial charge in [0, 0.05) is 59.2 Å². The number of rotatable bonds is 11. The van der Waals surface area contributed by atoms with Crippen molar-refractivity contribution in [3.8, 4) is 0 Å². The van der Waals surface area contributed by atoms with Gasteiger partial charge in [-0.1, -0.05) is 43.5 Å². The molecule has 1 aromatic rings. The fraction of sp³-hybridized carbons (Fsp3) is 0.731. The van der Waals surface area contributed by atoms with Crippen LogP contribution in [-0.4, -0.2) is 64.0 Å². The lowest BCUT2D eigenvalue weighted by Gasteiger charge is -2.31. The lowest BCUT2D eigenvalue weighted by molar-refractivity contribution is 0.0203. The third-order valence-electron chi connectivity index (χ3n) is 6.86. The first kappa shape index (κ1) is 25.0. The minimum atomic E-state index is 0.670. The molecule has 0 unspecified atom stereocenters. The van der Waals surface area contributed by atoms with Gasteiger partial charge >= 0.3 is 0 Å². The van der Waals surface area contributed by atoms with Crippen molar-refractivity contribution >= 4 is 5.96 Å². The largest absolute Gasteiger partial charge is 0.381 e. The van der Waals surface area contributed by atoms with Crippen LogP contribution >= 0.6 is 0 Å². The number of benzene rings is 1. The number of hydrogen-bond acceptors (Lipinski definition) is 4. The number of ether oxygens (including phenoxy) is 2. The molecular weight excluding hydrogens is 400 g/mol. The van der Waals surface area contributed by atoms with Crippen LogP contribution in [0.5, 0.6) is 0 Å². The van der Waals surface area contributed by atoms with Crippen LogP contribution in [-0.2, 0) is 22.6 Å². The van der Waals surface area contributed by atoms with E-state index < -0.39 is 0 Å². The van der Waals surface area contributed by atoms with Gasteiger partial charge in [-0.3, -0.25) is 9.89 Å². The van der Waals surface area contributed by atoms with Gasteiger partial charge in [0.15, 0.2) is 5.96 Å². The van der Waals surface area contributed by atoms with Crippen molar-refractivity contribution in [3.63, 3.8) is 0 Å². The van der Waals surface area contributed by atoms with Gasteiger partial charge in [-0.25, -0.2) is 0 Å². The van der Waals surface area contributed by atoms with Gasteiger partial charge in [0.05, 0.1) is 0 Å². The molecule has 1 aliphatic carbocycles. The SMILES string of the molecule is CN=C(NCCCOCC1CCOCC1)NCc1ccccc1CN(C)C1CCCCC1. The van der Waals surface area contributed by atoms with Gasteiger partial charge in [0.1, 0.15) is 0 Å². The maximum absolute atomic E-state index is 5.86. The molecule has 0 radical (unpaired) electrons. The molecule has 0 atom stereocenters. The molecule has 6 heteroatoms. The summed E-state index contributed by atoms with van der Waals surface area (Å²) < 4.78 is 11.3. The molecule has 0 aromatic heterocycles. The highest BCUT2D eigenvalue weighted by atomic mass is 16.5. The Morgan fingerprint density at radius 3 is 2.56 bits per heavy atom. The second kappa shape index (κ2) is 14.5. The van der Waals surface area contributed by atoms with Gasteiger partial charge in [-0.15, -0.1) is 0 Å². The minimum Gasteiger partial charge on any atom is -0.381 e. The van der Waals surface area contributed by atoms with Crippen molar-refractivity contribution in [2.24, 2.45) is 10.9 Å². The molecule has 0 amide bonds. The highest BCUT2D eigenvalue weighted by molar-refractivity contribution is 5.79. The van der Waals surface area contributed by atoms with Crippen molar-refractivity contribution in [3.05, 3.63) is 35.4 Å². The smallest absolute Gasteiger partial charge is 0.191 e. The number of nitrogens with zero attached hydrogens (tertiary/aromatic N) is 2. The normalized spacial score (nSPS) is 18.8. The Bertz CT molecular complexity index is 670. The first-order valence-electron chi connectivity index (χ1n) is 12.6. The van der Waals surface area contributed by atoms with E-state index in [2.05, 4.69) is 51.8 Å². The summed E-state index contributed by atoms with van der Waals surface area (Å²) in [5.74, 6) is 1.52. The lowest BCUT2D eigenvalue weighted by atomic mass is 9.94. The molecule has 180 valence electrons. The summed E-state index contributed by atoms with van der Waals surface area (Å²) in [4.78, 5) is 6.93. The second-order valence-corrected chi connectivity index (χ2v) is 9.31. The Morgan fingerprint density at radius 2 is 1.81 bits per heavy atom. The third kappa shape index (κ3) is 8.72. The molecule has 1 aromatic carbocycles. The van der Waals surface area contributed by atoms with E-state index in [0.717, 1.165) is 77.3 Å².